The highest BCUT2D eigenvalue weighted by molar-refractivity contribution is 7.54. The summed E-state index contributed by atoms with van der Waals surface area (Å²) in [7, 11) is -4.41. The highest BCUT2D eigenvalue weighted by Crippen LogP contribution is 2.40. The molecule has 5 atom stereocenters. The van der Waals surface area contributed by atoms with Gasteiger partial charge in [0.25, 0.3) is 5.56 Å². The van der Waals surface area contributed by atoms with Crippen LogP contribution in [0.5, 0.6) is 0 Å². The minimum Gasteiger partial charge on any atom is -0.462 e. The number of nitrogens with one attached hydrogen (secondary N) is 3. The summed E-state index contributed by atoms with van der Waals surface area (Å²) in [5.74, 6) is -1.62. The Morgan fingerprint density at radius 3 is 2.12 bits per heavy atom. The number of carbonyl (C=O) groups excluding carboxylic acids is 2. The lowest BCUT2D eigenvalue weighted by molar-refractivity contribution is -0.149. The average Bonchev–Trinajstić information content (AvgIpc) is 2.86. The van der Waals surface area contributed by atoms with Gasteiger partial charge in [-0.1, -0.05) is 5.11 Å². The SMILES string of the molecule is CC(C)OC(=O)C(C)NP(=O)(NC(C)C(=O)OC(C)C)OC[C@@H](O)[C@@H](F)[C@@H](OCCN=[N+]=[N-])n1ccc(=O)[nH]c1=O. The van der Waals surface area contributed by atoms with E-state index in [1.807, 2.05) is 4.98 Å². The van der Waals surface area contributed by atoms with Crippen molar-refractivity contribution in [3.63, 3.8) is 0 Å². The van der Waals surface area contributed by atoms with E-state index in [1.165, 1.54) is 13.8 Å². The van der Waals surface area contributed by atoms with Crippen LogP contribution in [-0.2, 0) is 32.9 Å². The maximum absolute atomic E-state index is 15.5. The number of aliphatic hydroxyl groups excluding tert-OH is 1. The Kier molecular flexibility index (Phi) is 14.9. The van der Waals surface area contributed by atoms with Crippen molar-refractivity contribution in [3.05, 3.63) is 43.5 Å². The number of aliphatic hydroxyl groups is 1. The molecule has 0 amide bonds. The number of aromatic nitrogens is 2. The number of ether oxygens (including phenoxy) is 3. The second-order valence-electron chi connectivity index (χ2n) is 9.27. The van der Waals surface area contributed by atoms with E-state index in [0.29, 0.717) is 4.57 Å². The molecule has 0 aliphatic carbocycles. The number of carbonyl (C=O) groups is 2. The molecule has 0 aliphatic rings. The molecule has 0 bridgehead atoms. The van der Waals surface area contributed by atoms with E-state index in [-0.39, 0.29) is 13.2 Å². The van der Waals surface area contributed by atoms with Gasteiger partial charge < -0.3 is 23.8 Å². The lowest BCUT2D eigenvalue weighted by Gasteiger charge is -2.29. The summed E-state index contributed by atoms with van der Waals surface area (Å²) in [6.07, 6.45) is -6.44. The van der Waals surface area contributed by atoms with Crippen LogP contribution in [0.4, 0.5) is 4.39 Å². The molecule has 1 aromatic rings. The van der Waals surface area contributed by atoms with Gasteiger partial charge >= 0.3 is 25.3 Å². The first-order valence-corrected chi connectivity index (χ1v) is 14.2. The number of H-pyrrole nitrogens is 1. The number of rotatable bonds is 18. The van der Waals surface area contributed by atoms with Gasteiger partial charge in [0, 0.05) is 23.7 Å². The van der Waals surface area contributed by atoms with Crippen LogP contribution in [0.2, 0.25) is 0 Å². The number of esters is 2. The second-order valence-corrected chi connectivity index (χ2v) is 11.1. The Morgan fingerprint density at radius 1 is 1.12 bits per heavy atom. The normalized spacial score (nSPS) is 16.6. The van der Waals surface area contributed by atoms with Gasteiger partial charge in [0.15, 0.2) is 12.4 Å². The van der Waals surface area contributed by atoms with Gasteiger partial charge in [0.2, 0.25) is 0 Å². The Balaban J connectivity index is 3.19. The molecule has 1 heterocycles. The molecule has 4 N–H and O–H groups in total. The topological polar surface area (TPSA) is 236 Å². The molecule has 41 heavy (non-hydrogen) atoms. The number of halogens is 1. The van der Waals surface area contributed by atoms with Crippen molar-refractivity contribution < 1.29 is 42.4 Å². The maximum Gasteiger partial charge on any atom is 0.342 e. The third-order valence-electron chi connectivity index (χ3n) is 4.87. The third kappa shape index (κ3) is 12.5. The zero-order valence-electron chi connectivity index (χ0n) is 23.6. The van der Waals surface area contributed by atoms with E-state index in [0.717, 1.165) is 12.3 Å². The number of alkyl halides is 1. The summed E-state index contributed by atoms with van der Waals surface area (Å²) in [6.45, 7) is 7.39. The Bertz CT molecular complexity index is 1190. The maximum atomic E-state index is 15.5. The molecule has 19 heteroatoms. The summed E-state index contributed by atoms with van der Waals surface area (Å²) < 4.78 is 50.5. The predicted octanol–water partition coefficient (Wildman–Crippen LogP) is 1.05. The van der Waals surface area contributed by atoms with Crippen molar-refractivity contribution in [3.8, 4) is 0 Å². The number of hydrogen-bond acceptors (Lipinski definition) is 11. The van der Waals surface area contributed by atoms with Crippen LogP contribution in [0.25, 0.3) is 10.4 Å². The van der Waals surface area contributed by atoms with Crippen molar-refractivity contribution in [2.75, 3.05) is 19.8 Å². The minimum atomic E-state index is -4.41. The van der Waals surface area contributed by atoms with Gasteiger partial charge in [-0.25, -0.2) is 19.4 Å². The number of nitrogens with zero attached hydrogens (tertiary/aromatic N) is 4. The van der Waals surface area contributed by atoms with Crippen molar-refractivity contribution in [1.82, 2.24) is 19.7 Å². The number of aromatic amines is 1. The Labute approximate surface area is 234 Å². The van der Waals surface area contributed by atoms with Crippen LogP contribution in [0.1, 0.15) is 47.8 Å². The fraction of sp³-hybridized carbons (Fsp3) is 0.727. The van der Waals surface area contributed by atoms with Gasteiger partial charge in [0.05, 0.1) is 25.4 Å². The molecule has 0 saturated heterocycles. The summed E-state index contributed by atoms with van der Waals surface area (Å²) in [6, 6.07) is -1.56. The summed E-state index contributed by atoms with van der Waals surface area (Å²) in [5, 5.41) is 18.6. The van der Waals surface area contributed by atoms with Crippen LogP contribution < -0.4 is 21.4 Å². The molecule has 2 unspecified atom stereocenters. The van der Waals surface area contributed by atoms with E-state index in [1.54, 1.807) is 27.7 Å². The molecular weight excluding hydrogens is 572 g/mol. The lowest BCUT2D eigenvalue weighted by Crippen LogP contribution is -2.45. The summed E-state index contributed by atoms with van der Waals surface area (Å²) >= 11 is 0. The Morgan fingerprint density at radius 2 is 1.66 bits per heavy atom. The smallest absolute Gasteiger partial charge is 0.342 e. The van der Waals surface area contributed by atoms with Crippen molar-refractivity contribution in [1.29, 1.82) is 0 Å². The monoisotopic (exact) mass is 609 g/mol. The highest BCUT2D eigenvalue weighted by Gasteiger charge is 2.37. The molecule has 17 nitrogen and oxygen atoms in total. The van der Waals surface area contributed by atoms with E-state index in [4.69, 9.17) is 24.3 Å². The first-order chi connectivity index (χ1) is 19.1. The van der Waals surface area contributed by atoms with Gasteiger partial charge in [0.1, 0.15) is 18.2 Å². The van der Waals surface area contributed by atoms with Gasteiger partial charge in [-0.15, -0.1) is 0 Å². The predicted molar refractivity (Wildman–Crippen MR) is 142 cm³/mol. The van der Waals surface area contributed by atoms with Crippen LogP contribution >= 0.6 is 7.67 Å². The van der Waals surface area contributed by atoms with Crippen LogP contribution in [-0.4, -0.2) is 82.9 Å². The fourth-order valence-electron chi connectivity index (χ4n) is 3.07. The molecule has 0 aliphatic heterocycles. The highest BCUT2D eigenvalue weighted by atomic mass is 31.2. The fourth-order valence-corrected chi connectivity index (χ4v) is 4.89. The Hall–Kier alpha value is -3.11. The van der Waals surface area contributed by atoms with E-state index < -0.39 is 80.3 Å². The molecule has 1 rings (SSSR count). The van der Waals surface area contributed by atoms with Crippen molar-refractivity contribution >= 4 is 19.6 Å². The quantitative estimate of drug-likeness (QED) is 0.0456. The molecule has 0 aromatic carbocycles. The zero-order chi connectivity index (χ0) is 31.3. The summed E-state index contributed by atoms with van der Waals surface area (Å²) in [4.78, 5) is 52.7. The lowest BCUT2D eigenvalue weighted by atomic mass is 10.2. The van der Waals surface area contributed by atoms with Gasteiger partial charge in [-0.3, -0.25) is 28.5 Å². The minimum absolute atomic E-state index is 0.248. The van der Waals surface area contributed by atoms with E-state index in [9.17, 15) is 28.8 Å². The number of hydrogen-bond donors (Lipinski definition) is 4. The number of azide groups is 1. The van der Waals surface area contributed by atoms with Gasteiger partial charge in [-0.05, 0) is 47.1 Å². The van der Waals surface area contributed by atoms with Crippen LogP contribution in [0.3, 0.4) is 0 Å². The summed E-state index contributed by atoms with van der Waals surface area (Å²) in [5.41, 5.74) is 6.59. The standard InChI is InChI=1S/C22H37FN7O10P/c1-12(2)39-20(33)14(5)27-41(36,28-15(6)21(34)40-13(3)4)38-11-16(31)18(23)19(37-10-8-25-29-24)30-9-7-17(32)26-22(30)35/h7,9,12-16,18-19,31H,8,10-11H2,1-6H3,(H,26,32,35)(H2,27,28,36)/t14?,15?,16-,18-,19-,41?/m1/s1. The third-order valence-corrected chi connectivity index (χ3v) is 6.84. The second kappa shape index (κ2) is 17.0. The zero-order valence-corrected chi connectivity index (χ0v) is 24.4. The first-order valence-electron chi connectivity index (χ1n) is 12.6. The molecule has 0 fully saturated rings. The molecular formula is C22H37FN7O10P. The molecule has 0 spiro atoms. The van der Waals surface area contributed by atoms with Crippen LogP contribution in [0.15, 0.2) is 27.0 Å². The molecule has 0 saturated carbocycles. The molecule has 232 valence electrons. The largest absolute Gasteiger partial charge is 0.462 e. The van der Waals surface area contributed by atoms with Crippen LogP contribution in [0, 0.1) is 0 Å². The molecule has 1 aromatic heterocycles. The van der Waals surface area contributed by atoms with E-state index >= 15 is 4.39 Å². The van der Waals surface area contributed by atoms with Crippen molar-refractivity contribution in [2.45, 2.75) is 84.3 Å². The first kappa shape index (κ1) is 35.9. The molecule has 0 radical (unpaired) electrons. The average molecular weight is 610 g/mol. The van der Waals surface area contributed by atoms with Gasteiger partial charge in [-0.2, -0.15) is 0 Å². The van der Waals surface area contributed by atoms with Crippen molar-refractivity contribution in [2.24, 2.45) is 5.11 Å². The van der Waals surface area contributed by atoms with E-state index in [2.05, 4.69) is 20.2 Å².